The maximum atomic E-state index is 13.4. The maximum absolute atomic E-state index is 13.4. The van der Waals surface area contributed by atoms with Crippen molar-refractivity contribution in [2.24, 2.45) is 0 Å². The van der Waals surface area contributed by atoms with E-state index in [0.717, 1.165) is 16.7 Å². The van der Waals surface area contributed by atoms with E-state index in [1.807, 2.05) is 0 Å². The molecule has 0 aliphatic heterocycles. The molecule has 23 heavy (non-hydrogen) atoms. The molecule has 2 rings (SSSR count). The highest BCUT2D eigenvalue weighted by atomic mass is 19.4. The summed E-state index contributed by atoms with van der Waals surface area (Å²) in [6.07, 6.45) is -4.58. The molecular weight excluding hydrogens is 333 g/mol. The highest BCUT2D eigenvalue weighted by Gasteiger charge is 2.74. The second kappa shape index (κ2) is 5.36. The second-order valence-electron chi connectivity index (χ2n) is 4.46. The molecule has 0 fully saturated rings. The normalized spacial score (nSPS) is 13.2. The van der Waals surface area contributed by atoms with Gasteiger partial charge in [-0.1, -0.05) is 6.07 Å². The molecule has 0 spiro atoms. The Morgan fingerprint density at radius 2 is 1.57 bits per heavy atom. The van der Waals surface area contributed by atoms with Gasteiger partial charge in [0.15, 0.2) is 0 Å². The summed E-state index contributed by atoms with van der Waals surface area (Å²) in [6.45, 7) is 0. The highest BCUT2D eigenvalue weighted by molar-refractivity contribution is 5.31. The van der Waals surface area contributed by atoms with Gasteiger partial charge in [0.25, 0.3) is 5.56 Å². The zero-order valence-corrected chi connectivity index (χ0v) is 11.0. The molecule has 0 unspecified atom stereocenters. The van der Waals surface area contributed by atoms with Gasteiger partial charge in [-0.15, -0.1) is 0 Å². The minimum Gasteiger partial charge on any atom is -0.283 e. The van der Waals surface area contributed by atoms with Crippen LogP contribution < -0.4 is 5.56 Å². The minimum atomic E-state index is -6.44. The van der Waals surface area contributed by atoms with E-state index >= 15 is 0 Å². The first-order valence-electron chi connectivity index (χ1n) is 5.95. The van der Waals surface area contributed by atoms with Crippen LogP contribution in [0.25, 0.3) is 5.69 Å². The summed E-state index contributed by atoms with van der Waals surface area (Å²) in [5, 5.41) is 0. The SMILES string of the molecule is O=c1ccccn1-c1ccc(C(F)(F)C(F)(F)C(F)(F)F)nc1. The molecule has 0 bridgehead atoms. The lowest BCUT2D eigenvalue weighted by atomic mass is 10.1. The first-order valence-corrected chi connectivity index (χ1v) is 5.95. The molecule has 124 valence electrons. The van der Waals surface area contributed by atoms with E-state index in [4.69, 9.17) is 0 Å². The van der Waals surface area contributed by atoms with Gasteiger partial charge in [0.05, 0.1) is 11.9 Å². The summed E-state index contributed by atoms with van der Waals surface area (Å²) in [4.78, 5) is 14.5. The zero-order chi connectivity index (χ0) is 17.5. The van der Waals surface area contributed by atoms with Crippen molar-refractivity contribution < 1.29 is 30.7 Å². The van der Waals surface area contributed by atoms with Gasteiger partial charge in [-0.3, -0.25) is 14.3 Å². The average molecular weight is 340 g/mol. The second-order valence-corrected chi connectivity index (χ2v) is 4.46. The fourth-order valence-electron chi connectivity index (χ4n) is 1.69. The fourth-order valence-corrected chi connectivity index (χ4v) is 1.69. The maximum Gasteiger partial charge on any atom is 0.460 e. The van der Waals surface area contributed by atoms with Crippen LogP contribution in [0.2, 0.25) is 0 Å². The van der Waals surface area contributed by atoms with Crippen LogP contribution in [0.15, 0.2) is 47.5 Å². The molecule has 0 aliphatic rings. The Morgan fingerprint density at radius 3 is 2.04 bits per heavy atom. The van der Waals surface area contributed by atoms with Gasteiger partial charge >= 0.3 is 18.0 Å². The van der Waals surface area contributed by atoms with Crippen LogP contribution in [0.1, 0.15) is 5.69 Å². The predicted molar refractivity (Wildman–Crippen MR) is 64.7 cm³/mol. The molecule has 2 aromatic heterocycles. The van der Waals surface area contributed by atoms with Crippen LogP contribution in [0.4, 0.5) is 30.7 Å². The molecule has 2 heterocycles. The standard InChI is InChI=1S/C13H7F7N2O/c14-11(15,12(16,17)13(18,19)20)9-5-4-8(7-21-9)22-6-2-1-3-10(22)23/h1-7H. The number of nitrogens with zero attached hydrogens (tertiary/aromatic N) is 2. The highest BCUT2D eigenvalue weighted by Crippen LogP contribution is 2.51. The van der Waals surface area contributed by atoms with Crippen LogP contribution in [0.5, 0.6) is 0 Å². The Labute approximate surface area is 124 Å². The number of hydrogen-bond donors (Lipinski definition) is 0. The van der Waals surface area contributed by atoms with Crippen LogP contribution in [0.3, 0.4) is 0 Å². The number of hydrogen-bond acceptors (Lipinski definition) is 2. The van der Waals surface area contributed by atoms with Crippen LogP contribution in [-0.4, -0.2) is 21.6 Å². The molecule has 0 atom stereocenters. The molecular formula is C13H7F7N2O. The Kier molecular flexibility index (Phi) is 3.95. The monoisotopic (exact) mass is 340 g/mol. The molecule has 10 heteroatoms. The molecule has 3 nitrogen and oxygen atoms in total. The van der Waals surface area contributed by atoms with Gasteiger partial charge in [-0.2, -0.15) is 30.7 Å². The Bertz CT molecular complexity index is 750. The van der Waals surface area contributed by atoms with Crippen molar-refractivity contribution in [1.82, 2.24) is 9.55 Å². The number of pyridine rings is 2. The largest absolute Gasteiger partial charge is 0.460 e. The van der Waals surface area contributed by atoms with Crippen molar-refractivity contribution in [2.75, 3.05) is 0 Å². The molecule has 0 amide bonds. The molecule has 0 aliphatic carbocycles. The van der Waals surface area contributed by atoms with Crippen molar-refractivity contribution in [2.45, 2.75) is 18.0 Å². The third kappa shape index (κ3) is 2.80. The first kappa shape index (κ1) is 17.0. The lowest BCUT2D eigenvalue weighted by Gasteiger charge is -2.27. The topological polar surface area (TPSA) is 34.9 Å². The predicted octanol–water partition coefficient (Wildman–Crippen LogP) is 3.52. The summed E-state index contributed by atoms with van der Waals surface area (Å²) in [6, 6.07) is 5.08. The van der Waals surface area contributed by atoms with Crippen molar-refractivity contribution in [3.63, 3.8) is 0 Å². The van der Waals surface area contributed by atoms with E-state index in [0.29, 0.717) is 12.3 Å². The van der Waals surface area contributed by atoms with Gasteiger partial charge in [0.2, 0.25) is 0 Å². The zero-order valence-electron chi connectivity index (χ0n) is 11.0. The van der Waals surface area contributed by atoms with Gasteiger partial charge < -0.3 is 0 Å². The third-order valence-corrected chi connectivity index (χ3v) is 2.92. The number of aromatic nitrogens is 2. The van der Waals surface area contributed by atoms with Gasteiger partial charge in [0.1, 0.15) is 5.69 Å². The number of halogens is 7. The molecule has 0 N–H and O–H groups in total. The third-order valence-electron chi connectivity index (χ3n) is 2.92. The van der Waals surface area contributed by atoms with E-state index in [2.05, 4.69) is 4.98 Å². The summed E-state index contributed by atoms with van der Waals surface area (Å²) in [7, 11) is 0. The van der Waals surface area contributed by atoms with Gasteiger partial charge in [-0.25, -0.2) is 0 Å². The van der Waals surface area contributed by atoms with E-state index in [1.165, 1.54) is 18.3 Å². The molecule has 0 saturated heterocycles. The number of rotatable bonds is 3. The summed E-state index contributed by atoms with van der Waals surface area (Å²) < 4.78 is 90.0. The lowest BCUT2D eigenvalue weighted by Crippen LogP contribution is -2.50. The summed E-state index contributed by atoms with van der Waals surface area (Å²) in [5.74, 6) is -11.8. The minimum absolute atomic E-state index is 0.0644. The van der Waals surface area contributed by atoms with Crippen molar-refractivity contribution >= 4 is 0 Å². The van der Waals surface area contributed by atoms with Crippen LogP contribution in [0, 0.1) is 0 Å². The van der Waals surface area contributed by atoms with Crippen molar-refractivity contribution in [3.05, 3.63) is 58.8 Å². The van der Waals surface area contributed by atoms with E-state index in [-0.39, 0.29) is 5.69 Å². The fraction of sp³-hybridized carbons (Fsp3) is 0.231. The van der Waals surface area contributed by atoms with E-state index < -0.39 is 29.3 Å². The molecule has 0 saturated carbocycles. The molecule has 0 radical (unpaired) electrons. The van der Waals surface area contributed by atoms with Gasteiger partial charge in [-0.05, 0) is 18.2 Å². The number of alkyl halides is 7. The first-order chi connectivity index (χ1) is 10.5. The summed E-state index contributed by atoms with van der Waals surface area (Å²) in [5.41, 5.74) is -2.38. The molecule has 2 aromatic rings. The Balaban J connectivity index is 2.44. The Hall–Kier alpha value is -2.39. The molecule has 0 aromatic carbocycles. The van der Waals surface area contributed by atoms with E-state index in [9.17, 15) is 35.5 Å². The van der Waals surface area contributed by atoms with Crippen LogP contribution >= 0.6 is 0 Å². The summed E-state index contributed by atoms with van der Waals surface area (Å²) >= 11 is 0. The smallest absolute Gasteiger partial charge is 0.283 e. The quantitative estimate of drug-likeness (QED) is 0.802. The Morgan fingerprint density at radius 1 is 0.913 bits per heavy atom. The average Bonchev–Trinajstić information content (AvgIpc) is 2.46. The van der Waals surface area contributed by atoms with E-state index in [1.54, 1.807) is 0 Å². The van der Waals surface area contributed by atoms with Gasteiger partial charge in [0, 0.05) is 12.3 Å². The van der Waals surface area contributed by atoms with Crippen LogP contribution in [-0.2, 0) is 5.92 Å². The van der Waals surface area contributed by atoms with Crippen molar-refractivity contribution in [3.8, 4) is 5.69 Å². The van der Waals surface area contributed by atoms with Crippen molar-refractivity contribution in [1.29, 1.82) is 0 Å². The lowest BCUT2D eigenvalue weighted by molar-refractivity contribution is -0.360.